The van der Waals surface area contributed by atoms with E-state index < -0.39 is 11.7 Å². The molecule has 2 nitrogen and oxygen atoms in total. The lowest BCUT2D eigenvalue weighted by molar-refractivity contribution is -0.137. The van der Waals surface area contributed by atoms with Gasteiger partial charge in [-0.3, -0.25) is 0 Å². The number of halogens is 3. The predicted molar refractivity (Wildman–Crippen MR) is 48.5 cm³/mol. The van der Waals surface area contributed by atoms with Gasteiger partial charge in [0.25, 0.3) is 0 Å². The third-order valence-corrected chi connectivity index (χ3v) is 1.78. The second-order valence-corrected chi connectivity index (χ2v) is 2.74. The Morgan fingerprint density at radius 3 is 2.20 bits per heavy atom. The molecule has 0 saturated heterocycles. The Bertz CT molecular complexity index is 440. The number of nitrogen functional groups attached to an aromatic ring is 1. The minimum Gasteiger partial charge on any atom is -0.397 e. The van der Waals surface area contributed by atoms with E-state index in [-0.39, 0.29) is 16.8 Å². The van der Waals surface area contributed by atoms with Crippen molar-refractivity contribution in [1.29, 1.82) is 5.26 Å². The lowest BCUT2D eigenvalue weighted by atomic mass is 10.0. The monoisotopic (exact) mass is 210 g/mol. The molecule has 1 aromatic carbocycles. The van der Waals surface area contributed by atoms with Crippen molar-refractivity contribution in [3.8, 4) is 18.4 Å². The molecule has 0 unspecified atom stereocenters. The first-order chi connectivity index (χ1) is 6.90. The van der Waals surface area contributed by atoms with Gasteiger partial charge >= 0.3 is 6.18 Å². The van der Waals surface area contributed by atoms with Gasteiger partial charge < -0.3 is 5.73 Å². The molecule has 0 atom stereocenters. The van der Waals surface area contributed by atoms with Gasteiger partial charge in [0, 0.05) is 5.56 Å². The van der Waals surface area contributed by atoms with Crippen LogP contribution in [0.15, 0.2) is 12.1 Å². The zero-order chi connectivity index (χ0) is 11.6. The minimum atomic E-state index is -4.54. The van der Waals surface area contributed by atoms with Gasteiger partial charge in [0.05, 0.1) is 16.8 Å². The molecular formula is C10H5F3N2. The van der Waals surface area contributed by atoms with Gasteiger partial charge in [-0.25, -0.2) is 0 Å². The van der Waals surface area contributed by atoms with Crippen LogP contribution in [0.2, 0.25) is 0 Å². The van der Waals surface area contributed by atoms with E-state index in [1.54, 1.807) is 6.07 Å². The summed E-state index contributed by atoms with van der Waals surface area (Å²) in [5.74, 6) is 2.01. The van der Waals surface area contributed by atoms with E-state index in [9.17, 15) is 13.2 Å². The topological polar surface area (TPSA) is 49.8 Å². The minimum absolute atomic E-state index is 0.104. The van der Waals surface area contributed by atoms with E-state index in [2.05, 4.69) is 0 Å². The maximum atomic E-state index is 12.3. The molecule has 15 heavy (non-hydrogen) atoms. The number of benzene rings is 1. The largest absolute Gasteiger partial charge is 0.416 e. The van der Waals surface area contributed by atoms with Crippen molar-refractivity contribution in [3.63, 3.8) is 0 Å². The number of anilines is 1. The van der Waals surface area contributed by atoms with Gasteiger partial charge in [-0.1, -0.05) is 5.92 Å². The van der Waals surface area contributed by atoms with E-state index in [4.69, 9.17) is 17.4 Å². The predicted octanol–water partition coefficient (Wildman–Crippen LogP) is 2.14. The van der Waals surface area contributed by atoms with Crippen LogP contribution in [0.25, 0.3) is 0 Å². The molecule has 0 radical (unpaired) electrons. The third kappa shape index (κ3) is 2.03. The van der Waals surface area contributed by atoms with Gasteiger partial charge in [-0.05, 0) is 12.1 Å². The van der Waals surface area contributed by atoms with Crippen molar-refractivity contribution in [3.05, 3.63) is 28.8 Å². The molecule has 0 aliphatic rings. The van der Waals surface area contributed by atoms with Crippen molar-refractivity contribution in [2.24, 2.45) is 0 Å². The summed E-state index contributed by atoms with van der Waals surface area (Å²) in [7, 11) is 0. The second-order valence-electron chi connectivity index (χ2n) is 2.74. The van der Waals surface area contributed by atoms with Crippen LogP contribution in [0.4, 0.5) is 18.9 Å². The van der Waals surface area contributed by atoms with E-state index in [0.29, 0.717) is 6.07 Å². The number of terminal acetylenes is 1. The average Bonchev–Trinajstić information content (AvgIpc) is 2.16. The van der Waals surface area contributed by atoms with Gasteiger partial charge in [-0.15, -0.1) is 6.42 Å². The quantitative estimate of drug-likeness (QED) is 0.526. The highest BCUT2D eigenvalue weighted by Gasteiger charge is 2.31. The number of hydrogen-bond acceptors (Lipinski definition) is 2. The number of nitrogens with two attached hydrogens (primary N) is 1. The fraction of sp³-hybridized carbons (Fsp3) is 0.100. The van der Waals surface area contributed by atoms with Crippen LogP contribution in [-0.2, 0) is 6.18 Å². The normalized spacial score (nSPS) is 10.5. The van der Waals surface area contributed by atoms with Crippen molar-refractivity contribution in [2.45, 2.75) is 6.18 Å². The first kappa shape index (κ1) is 10.9. The van der Waals surface area contributed by atoms with Crippen LogP contribution in [0, 0.1) is 23.7 Å². The van der Waals surface area contributed by atoms with E-state index in [1.807, 2.05) is 5.92 Å². The zero-order valence-electron chi connectivity index (χ0n) is 7.39. The molecule has 0 bridgehead atoms. The zero-order valence-corrected chi connectivity index (χ0v) is 7.39. The number of hydrogen-bond donors (Lipinski definition) is 1. The summed E-state index contributed by atoms with van der Waals surface area (Å²) in [6, 6.07) is 2.98. The molecule has 0 saturated carbocycles. The van der Waals surface area contributed by atoms with E-state index >= 15 is 0 Å². The Hall–Kier alpha value is -2.14. The Morgan fingerprint density at radius 2 is 1.80 bits per heavy atom. The Kier molecular flexibility index (Phi) is 2.59. The molecule has 0 aliphatic heterocycles. The maximum Gasteiger partial charge on any atom is 0.416 e. The number of alkyl halides is 3. The van der Waals surface area contributed by atoms with Crippen LogP contribution in [0.1, 0.15) is 16.7 Å². The molecule has 5 heteroatoms. The summed E-state index contributed by atoms with van der Waals surface area (Å²) >= 11 is 0. The first-order valence-electron chi connectivity index (χ1n) is 3.77. The standard InChI is InChI=1S/C10H5F3N2/c1-2-6-3-8(10(11,12)13)4-7(5-14)9(6)15/h1,3-4H,15H2. The summed E-state index contributed by atoms with van der Waals surface area (Å²) < 4.78 is 37.0. The van der Waals surface area contributed by atoms with Crippen LogP contribution in [-0.4, -0.2) is 0 Å². The van der Waals surface area contributed by atoms with Crippen LogP contribution in [0.3, 0.4) is 0 Å². The first-order valence-corrected chi connectivity index (χ1v) is 3.77. The SMILES string of the molecule is C#Cc1cc(C(F)(F)F)cc(C#N)c1N. The molecule has 0 spiro atoms. The Balaban J connectivity index is 3.51. The summed E-state index contributed by atoms with van der Waals surface area (Å²) in [4.78, 5) is 0. The van der Waals surface area contributed by atoms with Crippen molar-refractivity contribution in [2.75, 3.05) is 5.73 Å². The molecule has 0 heterocycles. The molecule has 0 aromatic heterocycles. The lowest BCUT2D eigenvalue weighted by Gasteiger charge is -2.09. The fourth-order valence-corrected chi connectivity index (χ4v) is 1.03. The number of rotatable bonds is 0. The number of nitriles is 1. The highest BCUT2D eigenvalue weighted by atomic mass is 19.4. The van der Waals surface area contributed by atoms with Crippen LogP contribution in [0.5, 0.6) is 0 Å². The van der Waals surface area contributed by atoms with Crippen LogP contribution >= 0.6 is 0 Å². The van der Waals surface area contributed by atoms with Crippen molar-refractivity contribution < 1.29 is 13.2 Å². The van der Waals surface area contributed by atoms with Crippen molar-refractivity contribution >= 4 is 5.69 Å². The smallest absolute Gasteiger partial charge is 0.397 e. The Morgan fingerprint density at radius 1 is 1.27 bits per heavy atom. The van der Waals surface area contributed by atoms with E-state index in [0.717, 1.165) is 6.07 Å². The van der Waals surface area contributed by atoms with E-state index in [1.165, 1.54) is 0 Å². The van der Waals surface area contributed by atoms with Gasteiger partial charge in [0.15, 0.2) is 0 Å². The highest BCUT2D eigenvalue weighted by Crippen LogP contribution is 2.32. The summed E-state index contributed by atoms with van der Waals surface area (Å²) in [6.07, 6.45) is 0.443. The summed E-state index contributed by atoms with van der Waals surface area (Å²) in [5, 5.41) is 8.56. The molecule has 2 N–H and O–H groups in total. The molecule has 0 aliphatic carbocycles. The fourth-order valence-electron chi connectivity index (χ4n) is 1.03. The third-order valence-electron chi connectivity index (χ3n) is 1.78. The van der Waals surface area contributed by atoms with Gasteiger partial charge in [0.1, 0.15) is 6.07 Å². The van der Waals surface area contributed by atoms with Crippen LogP contribution < -0.4 is 5.73 Å². The molecule has 0 fully saturated rings. The maximum absolute atomic E-state index is 12.3. The number of nitrogens with zero attached hydrogens (tertiary/aromatic N) is 1. The summed E-state index contributed by atoms with van der Waals surface area (Å²) in [6.45, 7) is 0. The molecular weight excluding hydrogens is 205 g/mol. The average molecular weight is 210 g/mol. The van der Waals surface area contributed by atoms with Gasteiger partial charge in [-0.2, -0.15) is 18.4 Å². The molecule has 76 valence electrons. The van der Waals surface area contributed by atoms with Gasteiger partial charge in [0.2, 0.25) is 0 Å². The Labute approximate surface area is 84.1 Å². The lowest BCUT2D eigenvalue weighted by Crippen LogP contribution is -2.07. The molecule has 1 rings (SSSR count). The second kappa shape index (κ2) is 3.55. The highest BCUT2D eigenvalue weighted by molar-refractivity contribution is 5.65. The molecule has 1 aromatic rings. The summed E-state index contributed by atoms with van der Waals surface area (Å²) in [5.41, 5.74) is 3.92. The van der Waals surface area contributed by atoms with Crippen molar-refractivity contribution in [1.82, 2.24) is 0 Å². The molecule has 0 amide bonds.